The van der Waals surface area contributed by atoms with Gasteiger partial charge < -0.3 is 9.32 Å². The zero-order chi connectivity index (χ0) is 33.0. The quantitative estimate of drug-likeness (QED) is 0.187. The summed E-state index contributed by atoms with van der Waals surface area (Å²) < 4.78 is 6.49. The minimum Gasteiger partial charge on any atom is -0.455 e. The van der Waals surface area contributed by atoms with Gasteiger partial charge >= 0.3 is 0 Å². The Hall–Kier alpha value is -6.64. The second-order valence-electron chi connectivity index (χ2n) is 13.0. The van der Waals surface area contributed by atoms with Crippen molar-refractivity contribution in [2.45, 2.75) is 0 Å². The number of rotatable bonds is 5. The van der Waals surface area contributed by atoms with Crippen LogP contribution in [0.1, 0.15) is 0 Å². The average Bonchev–Trinajstić information content (AvgIpc) is 3.58. The van der Waals surface area contributed by atoms with Gasteiger partial charge in [-0.15, -0.1) is 0 Å². The van der Waals surface area contributed by atoms with E-state index in [4.69, 9.17) is 4.42 Å². The Morgan fingerprint density at radius 1 is 0.320 bits per heavy atom. The topological polar surface area (TPSA) is 16.4 Å². The predicted molar refractivity (Wildman–Crippen MR) is 212 cm³/mol. The second kappa shape index (κ2) is 11.5. The third-order valence-corrected chi connectivity index (χ3v) is 10.0. The van der Waals surface area contributed by atoms with Crippen LogP contribution in [-0.4, -0.2) is 0 Å². The molecular formula is C48H31NO. The van der Waals surface area contributed by atoms with Crippen LogP contribution in [0.25, 0.3) is 76.5 Å². The van der Waals surface area contributed by atoms with Crippen LogP contribution in [0.15, 0.2) is 192 Å². The summed E-state index contributed by atoms with van der Waals surface area (Å²) in [5, 5.41) is 9.52. The SMILES string of the molecule is c1ccc2cc(-c3ccc(N(c4ccc(-c5cccc6ccccc56)cc4)c4ccc5ccc6c7ccccc7oc6c5c4)cc3)ccc2c1. The summed E-state index contributed by atoms with van der Waals surface area (Å²) in [6.07, 6.45) is 0. The maximum Gasteiger partial charge on any atom is 0.143 e. The van der Waals surface area contributed by atoms with Crippen molar-refractivity contribution >= 4 is 71.3 Å². The van der Waals surface area contributed by atoms with Gasteiger partial charge in [0.1, 0.15) is 11.2 Å². The normalized spacial score (nSPS) is 11.6. The van der Waals surface area contributed by atoms with Crippen LogP contribution >= 0.6 is 0 Å². The lowest BCUT2D eigenvalue weighted by Gasteiger charge is -2.26. The van der Waals surface area contributed by atoms with Crippen molar-refractivity contribution in [3.63, 3.8) is 0 Å². The van der Waals surface area contributed by atoms with Crippen LogP contribution in [0.5, 0.6) is 0 Å². The molecule has 0 aliphatic carbocycles. The monoisotopic (exact) mass is 637 g/mol. The van der Waals surface area contributed by atoms with E-state index in [1.54, 1.807) is 0 Å². The van der Waals surface area contributed by atoms with Gasteiger partial charge in [-0.05, 0) is 104 Å². The fourth-order valence-electron chi connectivity index (χ4n) is 7.52. The minimum atomic E-state index is 0.908. The molecular weight excluding hydrogens is 607 g/mol. The molecule has 0 aliphatic rings. The first-order chi connectivity index (χ1) is 24.8. The van der Waals surface area contributed by atoms with Crippen molar-refractivity contribution in [3.8, 4) is 22.3 Å². The zero-order valence-corrected chi connectivity index (χ0v) is 27.3. The van der Waals surface area contributed by atoms with Gasteiger partial charge in [0.2, 0.25) is 0 Å². The molecule has 0 N–H and O–H groups in total. The molecule has 0 spiro atoms. The van der Waals surface area contributed by atoms with Gasteiger partial charge in [0.15, 0.2) is 0 Å². The highest BCUT2D eigenvalue weighted by atomic mass is 16.3. The minimum absolute atomic E-state index is 0.908. The van der Waals surface area contributed by atoms with Crippen molar-refractivity contribution in [3.05, 3.63) is 188 Å². The van der Waals surface area contributed by atoms with Gasteiger partial charge in [-0.1, -0.05) is 133 Å². The van der Waals surface area contributed by atoms with Crippen LogP contribution in [-0.2, 0) is 0 Å². The molecule has 2 nitrogen and oxygen atoms in total. The fraction of sp³-hybridized carbons (Fsp3) is 0. The summed E-state index contributed by atoms with van der Waals surface area (Å²) in [6, 6.07) is 67.6. The number of benzene rings is 9. The molecule has 1 aromatic heterocycles. The Morgan fingerprint density at radius 2 is 0.900 bits per heavy atom. The van der Waals surface area contributed by atoms with Gasteiger partial charge in [-0.2, -0.15) is 0 Å². The van der Waals surface area contributed by atoms with E-state index >= 15 is 0 Å². The first-order valence-electron chi connectivity index (χ1n) is 17.1. The number of furan rings is 1. The Labute approximate surface area is 290 Å². The summed E-state index contributed by atoms with van der Waals surface area (Å²) in [6.45, 7) is 0. The molecule has 0 radical (unpaired) electrons. The van der Waals surface area contributed by atoms with Crippen LogP contribution in [0.2, 0.25) is 0 Å². The Bertz CT molecular complexity index is 2860. The number of para-hydroxylation sites is 1. The van der Waals surface area contributed by atoms with E-state index in [9.17, 15) is 0 Å². The summed E-state index contributed by atoms with van der Waals surface area (Å²) >= 11 is 0. The number of fused-ring (bicyclic) bond motifs is 7. The van der Waals surface area contributed by atoms with Gasteiger partial charge in [0, 0.05) is 33.2 Å². The number of nitrogens with zero attached hydrogens (tertiary/aromatic N) is 1. The predicted octanol–water partition coefficient (Wildman–Crippen LogP) is 13.8. The Balaban J connectivity index is 1.11. The molecule has 0 amide bonds. The lowest BCUT2D eigenvalue weighted by Crippen LogP contribution is -2.09. The van der Waals surface area contributed by atoms with E-state index in [1.807, 2.05) is 12.1 Å². The highest BCUT2D eigenvalue weighted by molar-refractivity contribution is 6.15. The first kappa shape index (κ1) is 28.4. The van der Waals surface area contributed by atoms with E-state index in [0.717, 1.165) is 49.8 Å². The molecule has 2 heteroatoms. The zero-order valence-electron chi connectivity index (χ0n) is 27.3. The second-order valence-corrected chi connectivity index (χ2v) is 13.0. The van der Waals surface area contributed by atoms with Gasteiger partial charge in [0.05, 0.1) is 0 Å². The summed E-state index contributed by atoms with van der Waals surface area (Å²) in [4.78, 5) is 2.35. The molecule has 50 heavy (non-hydrogen) atoms. The van der Waals surface area contributed by atoms with Gasteiger partial charge in [-0.3, -0.25) is 0 Å². The van der Waals surface area contributed by atoms with Crippen molar-refractivity contribution in [2.75, 3.05) is 4.90 Å². The van der Waals surface area contributed by atoms with Crippen LogP contribution < -0.4 is 4.90 Å². The molecule has 1 heterocycles. The molecule has 9 aromatic carbocycles. The van der Waals surface area contributed by atoms with E-state index < -0.39 is 0 Å². The lowest BCUT2D eigenvalue weighted by molar-refractivity contribution is 0.672. The summed E-state index contributed by atoms with van der Waals surface area (Å²) in [5.41, 5.74) is 9.90. The molecule has 234 valence electrons. The van der Waals surface area contributed by atoms with Gasteiger partial charge in [-0.25, -0.2) is 0 Å². The van der Waals surface area contributed by atoms with Crippen LogP contribution in [0.3, 0.4) is 0 Å². The van der Waals surface area contributed by atoms with Crippen molar-refractivity contribution in [1.29, 1.82) is 0 Å². The summed E-state index contributed by atoms with van der Waals surface area (Å²) in [7, 11) is 0. The van der Waals surface area contributed by atoms with Crippen molar-refractivity contribution in [2.24, 2.45) is 0 Å². The van der Waals surface area contributed by atoms with Gasteiger partial charge in [0.25, 0.3) is 0 Å². The lowest BCUT2D eigenvalue weighted by atomic mass is 9.98. The first-order valence-corrected chi connectivity index (χ1v) is 17.1. The Morgan fingerprint density at radius 3 is 1.72 bits per heavy atom. The van der Waals surface area contributed by atoms with E-state index in [-0.39, 0.29) is 0 Å². The maximum atomic E-state index is 6.49. The van der Waals surface area contributed by atoms with Crippen molar-refractivity contribution in [1.82, 2.24) is 0 Å². The largest absolute Gasteiger partial charge is 0.455 e. The number of anilines is 3. The molecule has 10 aromatic rings. The molecule has 0 atom stereocenters. The fourth-order valence-corrected chi connectivity index (χ4v) is 7.52. The molecule has 0 unspecified atom stereocenters. The number of hydrogen-bond acceptors (Lipinski definition) is 2. The molecule has 0 saturated heterocycles. The van der Waals surface area contributed by atoms with E-state index in [1.165, 1.54) is 43.8 Å². The van der Waals surface area contributed by atoms with Crippen LogP contribution in [0, 0.1) is 0 Å². The third kappa shape index (κ3) is 4.73. The van der Waals surface area contributed by atoms with Crippen LogP contribution in [0.4, 0.5) is 17.1 Å². The molecule has 0 fully saturated rings. The standard InChI is InChI=1S/C48H31NO/c1-2-10-37-30-38(17-16-32(37)8-1)33-18-24-39(25-19-33)49(40-26-20-35(21-27-40)43-14-7-11-34-9-3-4-12-42(34)43)41-28-22-36-23-29-45-44-13-5-6-15-47(44)50-48(45)46(36)31-41/h1-31H. The smallest absolute Gasteiger partial charge is 0.143 e. The highest BCUT2D eigenvalue weighted by Gasteiger charge is 2.17. The number of hydrogen-bond donors (Lipinski definition) is 0. The molecule has 0 saturated carbocycles. The Kier molecular flexibility index (Phi) is 6.53. The maximum absolute atomic E-state index is 6.49. The van der Waals surface area contributed by atoms with Crippen molar-refractivity contribution < 1.29 is 4.42 Å². The van der Waals surface area contributed by atoms with E-state index in [2.05, 4.69) is 181 Å². The highest BCUT2D eigenvalue weighted by Crippen LogP contribution is 2.41. The molecule has 0 bridgehead atoms. The molecule has 10 rings (SSSR count). The third-order valence-electron chi connectivity index (χ3n) is 10.0. The molecule has 0 aliphatic heterocycles. The van der Waals surface area contributed by atoms with E-state index in [0.29, 0.717) is 0 Å². The average molecular weight is 638 g/mol. The summed E-state index contributed by atoms with van der Waals surface area (Å²) in [5.74, 6) is 0.